The lowest BCUT2D eigenvalue weighted by Crippen LogP contribution is -2.37. The van der Waals surface area contributed by atoms with Gasteiger partial charge in [-0.2, -0.15) is 0 Å². The quantitative estimate of drug-likeness (QED) is 0.708. The molecule has 1 aliphatic heterocycles. The molecule has 92 valence electrons. The molecule has 0 aromatic carbocycles. The van der Waals surface area contributed by atoms with Gasteiger partial charge in [-0.05, 0) is 38.2 Å². The third-order valence-corrected chi connectivity index (χ3v) is 2.89. The predicted molar refractivity (Wildman–Crippen MR) is 74.6 cm³/mol. The zero-order chi connectivity index (χ0) is 12.6. The van der Waals surface area contributed by atoms with Gasteiger partial charge in [0.25, 0.3) is 0 Å². The fourth-order valence-corrected chi connectivity index (χ4v) is 2.02. The van der Waals surface area contributed by atoms with E-state index < -0.39 is 0 Å². The molecule has 0 spiro atoms. The Morgan fingerprint density at radius 3 is 2.31 bits per heavy atom. The van der Waals surface area contributed by atoms with Crippen molar-refractivity contribution < 1.29 is 0 Å². The van der Waals surface area contributed by atoms with Crippen molar-refractivity contribution in [2.75, 3.05) is 6.54 Å². The van der Waals surface area contributed by atoms with Crippen LogP contribution < -0.4 is 5.32 Å². The Kier molecular flexibility index (Phi) is 7.92. The molecule has 0 aromatic heterocycles. The maximum absolute atomic E-state index is 4.02. The average Bonchev–Trinajstić information content (AvgIpc) is 2.30. The third kappa shape index (κ3) is 4.80. The van der Waals surface area contributed by atoms with Crippen LogP contribution in [0.3, 0.4) is 0 Å². The van der Waals surface area contributed by atoms with Gasteiger partial charge in [-0.25, -0.2) is 0 Å². The topological polar surface area (TPSA) is 12.0 Å². The molecule has 1 N–H and O–H groups in total. The highest BCUT2D eigenvalue weighted by molar-refractivity contribution is 5.32. The Hall–Kier alpha value is -0.820. The molecule has 1 aliphatic rings. The lowest BCUT2D eigenvalue weighted by molar-refractivity contribution is 0.358. The minimum Gasteiger partial charge on any atom is -0.314 e. The van der Waals surface area contributed by atoms with Gasteiger partial charge in [0.2, 0.25) is 0 Å². The molecule has 0 amide bonds. The first kappa shape index (κ1) is 15.2. The second-order valence-corrected chi connectivity index (χ2v) is 4.22. The maximum Gasteiger partial charge on any atom is 0.00391 e. The molecule has 16 heavy (non-hydrogen) atoms. The Bertz CT molecular complexity index is 242. The van der Waals surface area contributed by atoms with Crippen molar-refractivity contribution in [2.45, 2.75) is 46.6 Å². The van der Waals surface area contributed by atoms with Gasteiger partial charge in [-0.1, -0.05) is 44.7 Å². The van der Waals surface area contributed by atoms with Crippen LogP contribution in [-0.2, 0) is 0 Å². The average molecular weight is 221 g/mol. The zero-order valence-corrected chi connectivity index (χ0v) is 11.3. The largest absolute Gasteiger partial charge is 0.314 e. The molecule has 1 heterocycles. The predicted octanol–water partition coefficient (Wildman–Crippen LogP) is 4.09. The number of piperidine rings is 1. The van der Waals surface area contributed by atoms with Crippen LogP contribution in [0.2, 0.25) is 0 Å². The maximum atomic E-state index is 4.02. The van der Waals surface area contributed by atoms with Crippen molar-refractivity contribution in [1.29, 1.82) is 0 Å². The van der Waals surface area contributed by atoms with Crippen LogP contribution in [0.1, 0.15) is 40.5 Å². The molecular weight excluding hydrogens is 194 g/mol. The number of nitrogens with one attached hydrogen (secondary N) is 1. The summed E-state index contributed by atoms with van der Waals surface area (Å²) in [5.74, 6) is 0.627. The fourth-order valence-electron chi connectivity index (χ4n) is 2.02. The van der Waals surface area contributed by atoms with E-state index in [9.17, 15) is 0 Å². The summed E-state index contributed by atoms with van der Waals surface area (Å²) in [5.41, 5.74) is 2.53. The first-order valence-electron chi connectivity index (χ1n) is 6.37. The Morgan fingerprint density at radius 1 is 1.31 bits per heavy atom. The van der Waals surface area contributed by atoms with E-state index in [0.29, 0.717) is 12.0 Å². The van der Waals surface area contributed by atoms with Gasteiger partial charge in [-0.15, -0.1) is 0 Å². The number of allylic oxidation sites excluding steroid dienone is 3. The van der Waals surface area contributed by atoms with Gasteiger partial charge in [0.15, 0.2) is 0 Å². The van der Waals surface area contributed by atoms with Gasteiger partial charge in [0, 0.05) is 12.6 Å². The second-order valence-electron chi connectivity index (χ2n) is 4.22. The second kappa shape index (κ2) is 8.35. The zero-order valence-electron chi connectivity index (χ0n) is 11.3. The lowest BCUT2D eigenvalue weighted by atomic mass is 9.85. The van der Waals surface area contributed by atoms with Crippen LogP contribution >= 0.6 is 0 Å². The van der Waals surface area contributed by atoms with Crippen molar-refractivity contribution in [1.82, 2.24) is 5.32 Å². The first-order valence-corrected chi connectivity index (χ1v) is 6.37. The van der Waals surface area contributed by atoms with Crippen molar-refractivity contribution in [3.05, 3.63) is 36.5 Å². The van der Waals surface area contributed by atoms with Gasteiger partial charge >= 0.3 is 0 Å². The van der Waals surface area contributed by atoms with E-state index >= 15 is 0 Å². The molecule has 0 radical (unpaired) electrons. The molecular formula is C15H27N. The molecule has 1 nitrogen and oxygen atoms in total. The van der Waals surface area contributed by atoms with Crippen LogP contribution in [-0.4, -0.2) is 12.6 Å². The monoisotopic (exact) mass is 221 g/mol. The Balaban J connectivity index is 0.00000106. The summed E-state index contributed by atoms with van der Waals surface area (Å²) in [7, 11) is 0. The summed E-state index contributed by atoms with van der Waals surface area (Å²) >= 11 is 0. The molecule has 0 bridgehead atoms. The van der Waals surface area contributed by atoms with Crippen molar-refractivity contribution in [3.8, 4) is 0 Å². The lowest BCUT2D eigenvalue weighted by Gasteiger charge is -2.29. The summed E-state index contributed by atoms with van der Waals surface area (Å²) in [6, 6.07) is 0.668. The standard InChI is InChI=1S/C13H21N.C2H6/c1-5-6-13(10(2)3)12-8-7-11(4)14-9-12;1-2/h5-6,11-12,14H,1-2,7-9H2,3-4H3;1-2H3/b13-6+;. The smallest absolute Gasteiger partial charge is 0.00391 e. The van der Waals surface area contributed by atoms with Gasteiger partial charge < -0.3 is 5.32 Å². The van der Waals surface area contributed by atoms with E-state index in [4.69, 9.17) is 0 Å². The number of hydrogen-bond acceptors (Lipinski definition) is 1. The summed E-state index contributed by atoms with van der Waals surface area (Å²) in [6.07, 6.45) is 6.49. The van der Waals surface area contributed by atoms with E-state index in [1.165, 1.54) is 24.0 Å². The van der Waals surface area contributed by atoms with E-state index in [1.54, 1.807) is 0 Å². The highest BCUT2D eigenvalue weighted by atomic mass is 14.9. The summed E-state index contributed by atoms with van der Waals surface area (Å²) in [5, 5.41) is 3.51. The van der Waals surface area contributed by atoms with Crippen LogP contribution in [0.15, 0.2) is 36.5 Å². The van der Waals surface area contributed by atoms with Crippen LogP contribution in [0.4, 0.5) is 0 Å². The Morgan fingerprint density at radius 2 is 1.94 bits per heavy atom. The minimum absolute atomic E-state index is 0.627. The molecule has 1 heteroatoms. The van der Waals surface area contributed by atoms with Crippen molar-refractivity contribution in [3.63, 3.8) is 0 Å². The molecule has 0 aliphatic carbocycles. The molecule has 0 aromatic rings. The highest BCUT2D eigenvalue weighted by Gasteiger charge is 2.20. The third-order valence-electron chi connectivity index (χ3n) is 2.89. The van der Waals surface area contributed by atoms with E-state index in [-0.39, 0.29) is 0 Å². The van der Waals surface area contributed by atoms with Crippen LogP contribution in [0.5, 0.6) is 0 Å². The summed E-state index contributed by atoms with van der Waals surface area (Å²) in [4.78, 5) is 0. The number of rotatable bonds is 3. The highest BCUT2D eigenvalue weighted by Crippen LogP contribution is 2.26. The van der Waals surface area contributed by atoms with E-state index in [2.05, 4.69) is 38.4 Å². The van der Waals surface area contributed by atoms with Gasteiger partial charge in [0.05, 0.1) is 0 Å². The number of hydrogen-bond donors (Lipinski definition) is 1. The fraction of sp³-hybridized carbons (Fsp3) is 0.600. The molecule has 2 unspecified atom stereocenters. The van der Waals surface area contributed by atoms with Gasteiger partial charge in [0.1, 0.15) is 0 Å². The summed E-state index contributed by atoms with van der Waals surface area (Å²) < 4.78 is 0. The van der Waals surface area contributed by atoms with E-state index in [1.807, 2.05) is 19.9 Å². The van der Waals surface area contributed by atoms with Crippen molar-refractivity contribution in [2.24, 2.45) is 5.92 Å². The Labute approximate surface area is 101 Å². The molecule has 1 rings (SSSR count). The molecule has 2 atom stereocenters. The first-order chi connectivity index (χ1) is 7.65. The minimum atomic E-state index is 0.627. The molecule has 1 fully saturated rings. The molecule has 0 saturated carbocycles. The molecule has 1 saturated heterocycles. The SMILES string of the molecule is C=C/C=C(\C(=C)C)C1CCC(C)NC1.CC. The van der Waals surface area contributed by atoms with Crippen LogP contribution in [0.25, 0.3) is 0 Å². The van der Waals surface area contributed by atoms with Crippen molar-refractivity contribution >= 4 is 0 Å². The van der Waals surface area contributed by atoms with E-state index in [0.717, 1.165) is 6.54 Å². The summed E-state index contributed by atoms with van der Waals surface area (Å²) in [6.45, 7) is 17.2. The van der Waals surface area contributed by atoms with Gasteiger partial charge in [-0.3, -0.25) is 0 Å². The normalized spacial score (nSPS) is 25.4. The van der Waals surface area contributed by atoms with Crippen LogP contribution in [0, 0.1) is 5.92 Å².